The lowest BCUT2D eigenvalue weighted by Gasteiger charge is -2.31. The number of imidazole rings is 1. The van der Waals surface area contributed by atoms with Crippen molar-refractivity contribution in [2.45, 2.75) is 12.7 Å². The van der Waals surface area contributed by atoms with Crippen LogP contribution in [0.1, 0.15) is 17.0 Å². The number of nitriles is 1. The molecule has 1 saturated heterocycles. The van der Waals surface area contributed by atoms with Gasteiger partial charge in [-0.05, 0) is 42.5 Å². The number of halogens is 3. The van der Waals surface area contributed by atoms with Crippen molar-refractivity contribution in [1.82, 2.24) is 14.5 Å². The fourth-order valence-electron chi connectivity index (χ4n) is 5.15. The van der Waals surface area contributed by atoms with Crippen LogP contribution < -0.4 is 10.2 Å². The maximum Gasteiger partial charge on any atom is 0.416 e. The first-order valence-corrected chi connectivity index (χ1v) is 13.3. The van der Waals surface area contributed by atoms with Gasteiger partial charge in [0.1, 0.15) is 18.4 Å². The number of nitrogens with one attached hydrogen (secondary N) is 2. The summed E-state index contributed by atoms with van der Waals surface area (Å²) in [5.74, 6) is -0.0635. The second-order valence-electron chi connectivity index (χ2n) is 9.88. The van der Waals surface area contributed by atoms with Crippen molar-refractivity contribution >= 4 is 50.9 Å². The van der Waals surface area contributed by atoms with Gasteiger partial charge in [-0.2, -0.15) is 18.4 Å². The minimum Gasteiger partial charge on any atom is -0.378 e. The number of alkyl halides is 3. The highest BCUT2D eigenvalue weighted by Gasteiger charge is 2.32. The summed E-state index contributed by atoms with van der Waals surface area (Å²) in [6.07, 6.45) is -1.10. The average molecular weight is 571 g/mol. The summed E-state index contributed by atoms with van der Waals surface area (Å²) in [5, 5.41) is 13.4. The SMILES string of the molecule is N#CC(=Cc1cn(CC(=O)Nc2cc(C(F)(F)F)ccc2N2CCOCC2)c2ccccc12)c1nc2ccccc2[nH]1. The number of hydrogen-bond donors (Lipinski definition) is 2. The topological polar surface area (TPSA) is 99.0 Å². The quantitative estimate of drug-likeness (QED) is 0.241. The maximum atomic E-state index is 13.5. The van der Waals surface area contributed by atoms with Gasteiger partial charge < -0.3 is 24.5 Å². The van der Waals surface area contributed by atoms with Gasteiger partial charge in [0.2, 0.25) is 5.91 Å². The molecule has 5 aromatic rings. The Labute approximate surface area is 238 Å². The van der Waals surface area contributed by atoms with E-state index in [4.69, 9.17) is 4.74 Å². The number of aromatic amines is 1. The van der Waals surface area contributed by atoms with Gasteiger partial charge in [-0.15, -0.1) is 0 Å². The molecule has 0 spiro atoms. The summed E-state index contributed by atoms with van der Waals surface area (Å²) < 4.78 is 47.7. The number of para-hydroxylation sites is 3. The molecule has 0 atom stereocenters. The highest BCUT2D eigenvalue weighted by atomic mass is 19.4. The zero-order chi connectivity index (χ0) is 29.3. The number of carbonyl (C=O) groups is 1. The lowest BCUT2D eigenvalue weighted by Crippen LogP contribution is -2.37. The number of morpholine rings is 1. The number of hydrogen-bond acceptors (Lipinski definition) is 5. The molecular weight excluding hydrogens is 545 g/mol. The van der Waals surface area contributed by atoms with Crippen LogP contribution in [0.3, 0.4) is 0 Å². The average Bonchev–Trinajstić information content (AvgIpc) is 3.57. The number of benzene rings is 3. The van der Waals surface area contributed by atoms with Crippen LogP contribution in [0.5, 0.6) is 0 Å². The van der Waals surface area contributed by atoms with Gasteiger partial charge in [0.05, 0.1) is 46.8 Å². The van der Waals surface area contributed by atoms with Crippen LogP contribution in [0, 0.1) is 11.3 Å². The molecule has 1 aliphatic heterocycles. The fraction of sp³-hybridized carbons (Fsp3) is 0.194. The molecule has 0 unspecified atom stereocenters. The molecular formula is C31H25F3N6O2. The number of H-pyrrole nitrogens is 1. The normalized spacial score (nSPS) is 14.3. The van der Waals surface area contributed by atoms with Gasteiger partial charge in [-0.25, -0.2) is 4.98 Å². The van der Waals surface area contributed by atoms with Crippen LogP contribution in [0.15, 0.2) is 72.9 Å². The van der Waals surface area contributed by atoms with Crippen molar-refractivity contribution in [3.63, 3.8) is 0 Å². The first kappa shape index (κ1) is 27.1. The molecule has 0 saturated carbocycles. The van der Waals surface area contributed by atoms with Crippen LogP contribution >= 0.6 is 0 Å². The maximum absolute atomic E-state index is 13.5. The van der Waals surface area contributed by atoms with Crippen LogP contribution in [0.2, 0.25) is 0 Å². The van der Waals surface area contributed by atoms with E-state index in [1.54, 1.807) is 16.8 Å². The summed E-state index contributed by atoms with van der Waals surface area (Å²) in [6, 6.07) is 20.5. The summed E-state index contributed by atoms with van der Waals surface area (Å²) in [6.45, 7) is 1.73. The first-order chi connectivity index (χ1) is 20.3. The van der Waals surface area contributed by atoms with Gasteiger partial charge in [-0.1, -0.05) is 30.3 Å². The largest absolute Gasteiger partial charge is 0.416 e. The lowest BCUT2D eigenvalue weighted by atomic mass is 10.1. The molecule has 1 aliphatic rings. The molecule has 0 bridgehead atoms. The Morgan fingerprint density at radius 3 is 2.62 bits per heavy atom. The number of rotatable bonds is 6. The predicted octanol–water partition coefficient (Wildman–Crippen LogP) is 6.08. The molecule has 2 aromatic heterocycles. The van der Waals surface area contributed by atoms with E-state index < -0.39 is 17.6 Å². The number of allylic oxidation sites excluding steroid dienone is 1. The Morgan fingerprint density at radius 2 is 1.86 bits per heavy atom. The van der Waals surface area contributed by atoms with E-state index >= 15 is 0 Å². The molecule has 2 N–H and O–H groups in total. The first-order valence-electron chi connectivity index (χ1n) is 13.3. The second kappa shape index (κ2) is 11.1. The third kappa shape index (κ3) is 5.44. The molecule has 42 heavy (non-hydrogen) atoms. The smallest absolute Gasteiger partial charge is 0.378 e. The zero-order valence-corrected chi connectivity index (χ0v) is 22.3. The number of carbonyl (C=O) groups excluding carboxylic acids is 1. The van der Waals surface area contributed by atoms with Crippen molar-refractivity contribution in [1.29, 1.82) is 5.26 Å². The van der Waals surface area contributed by atoms with Crippen molar-refractivity contribution in [3.8, 4) is 6.07 Å². The molecule has 3 heterocycles. The Morgan fingerprint density at radius 1 is 1.10 bits per heavy atom. The minimum atomic E-state index is -4.56. The Hall–Kier alpha value is -5.08. The summed E-state index contributed by atoms with van der Waals surface area (Å²) in [5.41, 5.74) is 3.04. The molecule has 1 fully saturated rings. The fourth-order valence-corrected chi connectivity index (χ4v) is 5.15. The van der Waals surface area contributed by atoms with E-state index in [1.807, 2.05) is 53.4 Å². The van der Waals surface area contributed by atoms with Gasteiger partial charge in [-0.3, -0.25) is 4.79 Å². The number of aromatic nitrogens is 3. The van der Waals surface area contributed by atoms with Crippen molar-refractivity contribution in [2.24, 2.45) is 0 Å². The second-order valence-corrected chi connectivity index (χ2v) is 9.88. The van der Waals surface area contributed by atoms with E-state index in [0.717, 1.165) is 34.1 Å². The molecule has 11 heteroatoms. The third-order valence-electron chi connectivity index (χ3n) is 7.15. The van der Waals surface area contributed by atoms with E-state index in [9.17, 15) is 23.2 Å². The van der Waals surface area contributed by atoms with E-state index in [-0.39, 0.29) is 12.2 Å². The van der Waals surface area contributed by atoms with Crippen molar-refractivity contribution < 1.29 is 22.7 Å². The molecule has 6 rings (SSSR count). The molecule has 3 aromatic carbocycles. The van der Waals surface area contributed by atoms with Crippen LogP contribution in [-0.4, -0.2) is 46.7 Å². The van der Waals surface area contributed by atoms with Crippen LogP contribution in [0.4, 0.5) is 24.5 Å². The van der Waals surface area contributed by atoms with Crippen molar-refractivity contribution in [2.75, 3.05) is 36.5 Å². The lowest BCUT2D eigenvalue weighted by molar-refractivity contribution is -0.137. The highest BCUT2D eigenvalue weighted by molar-refractivity contribution is 6.00. The van der Waals surface area contributed by atoms with E-state index in [0.29, 0.717) is 49.0 Å². The zero-order valence-electron chi connectivity index (χ0n) is 22.3. The Balaban J connectivity index is 1.31. The number of nitrogens with zero attached hydrogens (tertiary/aromatic N) is 4. The molecule has 0 aliphatic carbocycles. The number of ether oxygens (including phenoxy) is 1. The van der Waals surface area contributed by atoms with Crippen LogP contribution in [0.25, 0.3) is 33.6 Å². The van der Waals surface area contributed by atoms with E-state index in [2.05, 4.69) is 21.4 Å². The third-order valence-corrected chi connectivity index (χ3v) is 7.15. The summed E-state index contributed by atoms with van der Waals surface area (Å²) in [7, 11) is 0. The Bertz CT molecular complexity index is 1830. The number of amides is 1. The summed E-state index contributed by atoms with van der Waals surface area (Å²) in [4.78, 5) is 22.9. The monoisotopic (exact) mass is 570 g/mol. The molecule has 212 valence electrons. The van der Waals surface area contributed by atoms with Gasteiger partial charge in [0.25, 0.3) is 0 Å². The highest BCUT2D eigenvalue weighted by Crippen LogP contribution is 2.36. The van der Waals surface area contributed by atoms with Crippen LogP contribution in [-0.2, 0) is 22.3 Å². The summed E-state index contributed by atoms with van der Waals surface area (Å²) >= 11 is 0. The molecule has 1 amide bonds. The number of anilines is 2. The van der Waals surface area contributed by atoms with Gasteiger partial charge in [0.15, 0.2) is 0 Å². The standard InChI is InChI=1S/C31H25F3N6O2/c32-31(33,34)22-9-10-28(39-11-13-42-14-12-39)26(16-22)36-29(41)19-40-18-21(23-5-1-4-8-27(23)40)15-20(17-35)30-37-24-6-2-3-7-25(24)38-30/h1-10,15-16,18H,11-14,19H2,(H,36,41)(H,37,38). The van der Waals surface area contributed by atoms with Crippen molar-refractivity contribution in [3.05, 3.63) is 89.9 Å². The molecule has 8 nitrogen and oxygen atoms in total. The Kier molecular flexibility index (Phi) is 7.14. The minimum absolute atomic E-state index is 0.0879. The predicted molar refractivity (Wildman–Crippen MR) is 155 cm³/mol. The number of fused-ring (bicyclic) bond motifs is 2. The molecule has 0 radical (unpaired) electrons. The van der Waals surface area contributed by atoms with Gasteiger partial charge in [0, 0.05) is 35.8 Å². The van der Waals surface area contributed by atoms with E-state index in [1.165, 1.54) is 6.07 Å². The van der Waals surface area contributed by atoms with Gasteiger partial charge >= 0.3 is 6.18 Å².